The van der Waals surface area contributed by atoms with Gasteiger partial charge in [-0.3, -0.25) is 4.99 Å². The Kier molecular flexibility index (Phi) is 2.97. The minimum Gasteiger partial charge on any atom is -0.504 e. The fraction of sp³-hybridized carbons (Fsp3) is 0.500. The van der Waals surface area contributed by atoms with Crippen LogP contribution in [0.3, 0.4) is 0 Å². The second-order valence-electron chi connectivity index (χ2n) is 5.24. The van der Waals surface area contributed by atoms with Gasteiger partial charge in [-0.2, -0.15) is 0 Å². The Hall–Kier alpha value is -1.91. The number of ether oxygens (including phenoxy) is 1. The molecule has 2 aliphatic rings. The monoisotopic (exact) mass is 261 g/mol. The molecule has 0 amide bonds. The summed E-state index contributed by atoms with van der Waals surface area (Å²) in [6.45, 7) is 1.62. The van der Waals surface area contributed by atoms with E-state index < -0.39 is 0 Å². The number of aromatic hydroxyl groups is 1. The number of aliphatic imine (C=N–C) groups is 1. The number of methoxy groups -OCH3 is 1. The molecule has 5 nitrogen and oxygen atoms in total. The molecule has 0 spiro atoms. The van der Waals surface area contributed by atoms with Gasteiger partial charge in [0.2, 0.25) is 0 Å². The molecule has 1 aromatic carbocycles. The summed E-state index contributed by atoms with van der Waals surface area (Å²) in [4.78, 5) is 6.49. The van der Waals surface area contributed by atoms with Gasteiger partial charge in [0.05, 0.1) is 19.7 Å². The van der Waals surface area contributed by atoms with E-state index in [1.165, 1.54) is 12.8 Å². The lowest BCUT2D eigenvalue weighted by Crippen LogP contribution is -2.37. The molecular formula is C14H19N3O2. The Morgan fingerprint density at radius 1 is 1.47 bits per heavy atom. The smallest absolute Gasteiger partial charge is 0.191 e. The van der Waals surface area contributed by atoms with Crippen molar-refractivity contribution in [3.05, 3.63) is 23.8 Å². The second kappa shape index (κ2) is 4.64. The maximum absolute atomic E-state index is 9.89. The van der Waals surface area contributed by atoms with Crippen LogP contribution in [0.2, 0.25) is 0 Å². The molecule has 0 aromatic heterocycles. The first-order valence-corrected chi connectivity index (χ1v) is 6.62. The quantitative estimate of drug-likeness (QED) is 0.861. The van der Waals surface area contributed by atoms with Crippen LogP contribution >= 0.6 is 0 Å². The summed E-state index contributed by atoms with van der Waals surface area (Å²) in [5.74, 6) is 2.02. The van der Waals surface area contributed by atoms with Crippen LogP contribution in [0.15, 0.2) is 23.2 Å². The summed E-state index contributed by atoms with van der Waals surface area (Å²) < 4.78 is 5.07. The van der Waals surface area contributed by atoms with Gasteiger partial charge in [0.15, 0.2) is 17.5 Å². The first kappa shape index (κ1) is 12.1. The van der Waals surface area contributed by atoms with E-state index in [-0.39, 0.29) is 11.8 Å². The van der Waals surface area contributed by atoms with Gasteiger partial charge in [-0.25, -0.2) is 0 Å². The van der Waals surface area contributed by atoms with Gasteiger partial charge < -0.3 is 20.5 Å². The SMILES string of the molecule is COc1ccc(C2CN=C(N)N2CC2CC2)cc1O. The Morgan fingerprint density at radius 3 is 2.89 bits per heavy atom. The molecule has 1 fully saturated rings. The van der Waals surface area contributed by atoms with Gasteiger partial charge >= 0.3 is 0 Å². The highest BCUT2D eigenvalue weighted by molar-refractivity contribution is 5.80. The number of rotatable bonds is 4. The summed E-state index contributed by atoms with van der Waals surface area (Å²) in [6.07, 6.45) is 2.56. The maximum Gasteiger partial charge on any atom is 0.191 e. The lowest BCUT2D eigenvalue weighted by atomic mass is 10.1. The largest absolute Gasteiger partial charge is 0.504 e. The van der Waals surface area contributed by atoms with Gasteiger partial charge in [-0.05, 0) is 36.5 Å². The zero-order valence-corrected chi connectivity index (χ0v) is 11.0. The molecule has 1 atom stereocenters. The van der Waals surface area contributed by atoms with Crippen molar-refractivity contribution in [1.29, 1.82) is 0 Å². The van der Waals surface area contributed by atoms with Crippen LogP contribution in [0, 0.1) is 5.92 Å². The summed E-state index contributed by atoms with van der Waals surface area (Å²) >= 11 is 0. The second-order valence-corrected chi connectivity index (χ2v) is 5.24. The third-order valence-corrected chi connectivity index (χ3v) is 3.84. The summed E-state index contributed by atoms with van der Waals surface area (Å²) in [5, 5.41) is 9.89. The molecule has 0 saturated heterocycles. The molecule has 1 saturated carbocycles. The minimum atomic E-state index is 0.136. The average Bonchev–Trinajstić information content (AvgIpc) is 3.14. The Morgan fingerprint density at radius 2 is 2.26 bits per heavy atom. The Balaban J connectivity index is 1.82. The van der Waals surface area contributed by atoms with Gasteiger partial charge in [-0.1, -0.05) is 6.07 Å². The number of phenolic OH excluding ortho intramolecular Hbond substituents is 1. The van der Waals surface area contributed by atoms with E-state index in [9.17, 15) is 5.11 Å². The van der Waals surface area contributed by atoms with Crippen molar-refractivity contribution < 1.29 is 9.84 Å². The fourth-order valence-corrected chi connectivity index (χ4v) is 2.53. The Bertz CT molecular complexity index is 511. The lowest BCUT2D eigenvalue weighted by molar-refractivity contribution is 0.330. The van der Waals surface area contributed by atoms with Crippen LogP contribution in [0.25, 0.3) is 0 Å². The number of phenols is 1. The van der Waals surface area contributed by atoms with Gasteiger partial charge in [0.25, 0.3) is 0 Å². The summed E-state index contributed by atoms with van der Waals surface area (Å²) in [7, 11) is 1.55. The predicted molar refractivity (Wildman–Crippen MR) is 73.3 cm³/mol. The van der Waals surface area contributed by atoms with Crippen LogP contribution in [-0.4, -0.2) is 36.2 Å². The van der Waals surface area contributed by atoms with Crippen molar-refractivity contribution >= 4 is 5.96 Å². The van der Waals surface area contributed by atoms with E-state index >= 15 is 0 Å². The first-order chi connectivity index (χ1) is 9.19. The van der Waals surface area contributed by atoms with E-state index in [0.717, 1.165) is 18.0 Å². The van der Waals surface area contributed by atoms with Crippen LogP contribution in [0.1, 0.15) is 24.4 Å². The fourth-order valence-electron chi connectivity index (χ4n) is 2.53. The van der Waals surface area contributed by atoms with Crippen LogP contribution in [0.5, 0.6) is 11.5 Å². The summed E-state index contributed by atoms with van der Waals surface area (Å²) in [5.41, 5.74) is 7.00. The molecular weight excluding hydrogens is 242 g/mol. The molecule has 1 aliphatic carbocycles. The minimum absolute atomic E-state index is 0.136. The zero-order chi connectivity index (χ0) is 13.4. The van der Waals surface area contributed by atoms with E-state index in [1.54, 1.807) is 19.2 Å². The normalized spacial score (nSPS) is 22.5. The highest BCUT2D eigenvalue weighted by atomic mass is 16.5. The average molecular weight is 261 g/mol. The lowest BCUT2D eigenvalue weighted by Gasteiger charge is -2.26. The van der Waals surface area contributed by atoms with Crippen LogP contribution < -0.4 is 10.5 Å². The number of hydrogen-bond acceptors (Lipinski definition) is 5. The third kappa shape index (κ3) is 2.32. The van der Waals surface area contributed by atoms with Gasteiger partial charge in [-0.15, -0.1) is 0 Å². The third-order valence-electron chi connectivity index (χ3n) is 3.84. The number of hydrogen-bond donors (Lipinski definition) is 2. The molecule has 3 rings (SSSR count). The van der Waals surface area contributed by atoms with Crippen molar-refractivity contribution in [2.75, 3.05) is 20.2 Å². The highest BCUT2D eigenvalue weighted by Crippen LogP contribution is 2.36. The first-order valence-electron chi connectivity index (χ1n) is 6.62. The zero-order valence-electron chi connectivity index (χ0n) is 11.0. The predicted octanol–water partition coefficient (Wildman–Crippen LogP) is 1.48. The molecule has 1 unspecified atom stereocenters. The molecule has 1 heterocycles. The molecule has 0 bridgehead atoms. The number of guanidine groups is 1. The van der Waals surface area contributed by atoms with Crippen molar-refractivity contribution in [3.63, 3.8) is 0 Å². The van der Waals surface area contributed by atoms with Crippen LogP contribution in [-0.2, 0) is 0 Å². The van der Waals surface area contributed by atoms with E-state index in [2.05, 4.69) is 9.89 Å². The highest BCUT2D eigenvalue weighted by Gasteiger charge is 2.33. The molecule has 0 radical (unpaired) electrons. The molecule has 1 aliphatic heterocycles. The van der Waals surface area contributed by atoms with Crippen molar-refractivity contribution in [2.45, 2.75) is 18.9 Å². The van der Waals surface area contributed by atoms with E-state index in [0.29, 0.717) is 18.3 Å². The topological polar surface area (TPSA) is 71.1 Å². The standard InChI is InChI=1S/C14H19N3O2/c1-19-13-5-4-10(6-12(13)18)11-7-16-14(15)17(11)8-9-2-3-9/h4-6,9,11,18H,2-3,7-8H2,1H3,(H2,15,16). The molecule has 5 heteroatoms. The van der Waals surface area contributed by atoms with Crippen molar-refractivity contribution in [2.24, 2.45) is 16.6 Å². The van der Waals surface area contributed by atoms with Crippen molar-refractivity contribution in [1.82, 2.24) is 4.90 Å². The number of nitrogens with two attached hydrogens (primary N) is 1. The molecule has 1 aromatic rings. The summed E-state index contributed by atoms with van der Waals surface area (Å²) in [6, 6.07) is 5.64. The molecule has 102 valence electrons. The number of nitrogens with zero attached hydrogens (tertiary/aromatic N) is 2. The Labute approximate surface area is 112 Å². The van der Waals surface area contributed by atoms with Gasteiger partial charge in [0, 0.05) is 6.54 Å². The molecule has 19 heavy (non-hydrogen) atoms. The van der Waals surface area contributed by atoms with Crippen LogP contribution in [0.4, 0.5) is 0 Å². The molecule has 3 N–H and O–H groups in total. The van der Waals surface area contributed by atoms with Crippen molar-refractivity contribution in [3.8, 4) is 11.5 Å². The van der Waals surface area contributed by atoms with E-state index in [1.807, 2.05) is 6.07 Å². The van der Waals surface area contributed by atoms with Gasteiger partial charge in [0.1, 0.15) is 0 Å². The van der Waals surface area contributed by atoms with E-state index in [4.69, 9.17) is 10.5 Å². The number of benzene rings is 1. The maximum atomic E-state index is 9.89.